The van der Waals surface area contributed by atoms with Crippen LogP contribution in [0.15, 0.2) is 53.5 Å². The molecular formula is C26H28FN3O2. The van der Waals surface area contributed by atoms with Gasteiger partial charge in [0.15, 0.2) is 0 Å². The van der Waals surface area contributed by atoms with Crippen molar-refractivity contribution >= 4 is 16.8 Å². The second-order valence-electron chi connectivity index (χ2n) is 9.16. The van der Waals surface area contributed by atoms with Gasteiger partial charge >= 0.3 is 0 Å². The van der Waals surface area contributed by atoms with Crippen LogP contribution in [0.3, 0.4) is 0 Å². The van der Waals surface area contributed by atoms with Crippen LogP contribution in [0.4, 0.5) is 4.39 Å². The molecule has 1 aliphatic carbocycles. The Morgan fingerprint density at radius 3 is 2.56 bits per heavy atom. The number of nitrogens with two attached hydrogens (primary N) is 1. The summed E-state index contributed by atoms with van der Waals surface area (Å²) in [4.78, 5) is 27.7. The van der Waals surface area contributed by atoms with Crippen molar-refractivity contribution in [3.63, 3.8) is 0 Å². The molecule has 2 heterocycles. The van der Waals surface area contributed by atoms with Crippen LogP contribution >= 0.6 is 0 Å². The number of primary amides is 1. The quantitative estimate of drug-likeness (QED) is 0.664. The lowest BCUT2D eigenvalue weighted by Gasteiger charge is -2.44. The second kappa shape index (κ2) is 8.51. The fourth-order valence-electron chi connectivity index (χ4n) is 5.63. The molecule has 1 aliphatic heterocycles. The normalized spacial score (nSPS) is 21.4. The van der Waals surface area contributed by atoms with Gasteiger partial charge in [-0.15, -0.1) is 0 Å². The molecule has 2 unspecified atom stereocenters. The number of piperidine rings is 1. The zero-order chi connectivity index (χ0) is 22.2. The molecule has 2 N–H and O–H groups in total. The Labute approximate surface area is 186 Å². The molecule has 2 aromatic carbocycles. The Morgan fingerprint density at radius 2 is 1.78 bits per heavy atom. The number of aromatic nitrogens is 1. The summed E-state index contributed by atoms with van der Waals surface area (Å²) in [6, 6.07) is 12.4. The molecule has 32 heavy (non-hydrogen) atoms. The fraction of sp³-hybridized carbons (Fsp3) is 0.385. The van der Waals surface area contributed by atoms with E-state index in [0.717, 1.165) is 24.6 Å². The molecule has 5 rings (SSSR count). The third-order valence-corrected chi connectivity index (χ3v) is 7.18. The molecule has 2 atom stereocenters. The zero-order valence-electron chi connectivity index (χ0n) is 18.1. The Kier molecular flexibility index (Phi) is 5.55. The van der Waals surface area contributed by atoms with E-state index < -0.39 is 5.91 Å². The van der Waals surface area contributed by atoms with Gasteiger partial charge in [0.1, 0.15) is 11.4 Å². The predicted molar refractivity (Wildman–Crippen MR) is 123 cm³/mol. The number of carbonyl (C=O) groups is 1. The Bertz CT molecular complexity index is 1220. The van der Waals surface area contributed by atoms with Crippen molar-refractivity contribution in [1.29, 1.82) is 0 Å². The lowest BCUT2D eigenvalue weighted by molar-refractivity contribution is 0.0547. The van der Waals surface area contributed by atoms with E-state index in [1.807, 2.05) is 12.1 Å². The van der Waals surface area contributed by atoms with Crippen LogP contribution in [0.5, 0.6) is 0 Å². The monoisotopic (exact) mass is 433 g/mol. The minimum Gasteiger partial charge on any atom is -0.365 e. The number of pyridine rings is 1. The van der Waals surface area contributed by atoms with E-state index in [1.165, 1.54) is 56.9 Å². The number of hydrogen-bond donors (Lipinski definition) is 1. The molecule has 1 saturated heterocycles. The number of halogens is 1. The first-order chi connectivity index (χ1) is 15.5. The van der Waals surface area contributed by atoms with Crippen molar-refractivity contribution in [2.24, 2.45) is 11.7 Å². The maximum absolute atomic E-state index is 13.4. The first-order valence-electron chi connectivity index (χ1n) is 11.5. The molecule has 166 valence electrons. The maximum Gasteiger partial charge on any atom is 0.254 e. The molecule has 0 radical (unpaired) electrons. The molecule has 3 aromatic rings. The van der Waals surface area contributed by atoms with Gasteiger partial charge in [0.2, 0.25) is 5.43 Å². The van der Waals surface area contributed by atoms with Gasteiger partial charge in [-0.3, -0.25) is 14.5 Å². The Morgan fingerprint density at radius 1 is 1.03 bits per heavy atom. The van der Waals surface area contributed by atoms with Gasteiger partial charge in [0.05, 0.1) is 5.52 Å². The van der Waals surface area contributed by atoms with Gasteiger partial charge in [-0.05, 0) is 80.1 Å². The van der Waals surface area contributed by atoms with E-state index in [4.69, 9.17) is 5.73 Å². The summed E-state index contributed by atoms with van der Waals surface area (Å²) in [5.74, 6) is -0.326. The van der Waals surface area contributed by atoms with Crippen molar-refractivity contribution in [3.8, 4) is 5.69 Å². The molecule has 5 nitrogen and oxygen atoms in total. The van der Waals surface area contributed by atoms with Gasteiger partial charge in [-0.2, -0.15) is 0 Å². The fourth-order valence-corrected chi connectivity index (χ4v) is 5.63. The summed E-state index contributed by atoms with van der Waals surface area (Å²) in [7, 11) is 0. The Hall–Kier alpha value is -2.99. The average molecular weight is 434 g/mol. The highest BCUT2D eigenvalue weighted by Gasteiger charge is 2.33. The first-order valence-corrected chi connectivity index (χ1v) is 11.5. The van der Waals surface area contributed by atoms with E-state index in [9.17, 15) is 14.0 Å². The van der Waals surface area contributed by atoms with Crippen molar-refractivity contribution in [2.45, 2.75) is 51.1 Å². The Balaban J connectivity index is 1.57. The highest BCUT2D eigenvalue weighted by Crippen LogP contribution is 2.36. The summed E-state index contributed by atoms with van der Waals surface area (Å²) in [5.41, 5.74) is 7.49. The standard InChI is InChI=1S/C26H28FN3O2/c27-19-8-10-20(11-9-19)30-16-22(26(28)32)25(31)21-14-17(7-12-24(21)30)15-29-13-3-5-18-4-1-2-6-23(18)29/h7-12,14,16,18,23H,1-6,13,15H2,(H2,28,32). The van der Waals surface area contributed by atoms with Crippen LogP contribution in [-0.2, 0) is 6.54 Å². The van der Waals surface area contributed by atoms with Gasteiger partial charge in [-0.1, -0.05) is 18.9 Å². The minimum atomic E-state index is -0.765. The summed E-state index contributed by atoms with van der Waals surface area (Å²) in [6.07, 6.45) is 9.20. The average Bonchev–Trinajstić information content (AvgIpc) is 2.80. The topological polar surface area (TPSA) is 68.3 Å². The number of benzene rings is 2. The van der Waals surface area contributed by atoms with Gasteiger partial charge < -0.3 is 10.3 Å². The van der Waals surface area contributed by atoms with Crippen molar-refractivity contribution < 1.29 is 9.18 Å². The maximum atomic E-state index is 13.4. The number of fused-ring (bicyclic) bond motifs is 2. The number of rotatable bonds is 4. The van der Waals surface area contributed by atoms with Crippen LogP contribution in [0, 0.1) is 11.7 Å². The SMILES string of the molecule is NC(=O)c1cn(-c2ccc(F)cc2)c2ccc(CN3CCCC4CCCCC43)cc2c1=O. The minimum absolute atomic E-state index is 0.0655. The highest BCUT2D eigenvalue weighted by molar-refractivity contribution is 5.96. The smallest absolute Gasteiger partial charge is 0.254 e. The van der Waals surface area contributed by atoms with E-state index >= 15 is 0 Å². The highest BCUT2D eigenvalue weighted by atomic mass is 19.1. The number of hydrogen-bond acceptors (Lipinski definition) is 3. The molecule has 2 fully saturated rings. The van der Waals surface area contributed by atoms with Gasteiger partial charge in [0.25, 0.3) is 5.91 Å². The lowest BCUT2D eigenvalue weighted by Crippen LogP contribution is -2.46. The first kappa shape index (κ1) is 20.9. The summed E-state index contributed by atoms with van der Waals surface area (Å²) in [6.45, 7) is 1.88. The third kappa shape index (κ3) is 3.84. The van der Waals surface area contributed by atoms with Crippen LogP contribution in [0.2, 0.25) is 0 Å². The van der Waals surface area contributed by atoms with Gasteiger partial charge in [-0.25, -0.2) is 4.39 Å². The summed E-state index contributed by atoms with van der Waals surface area (Å²) >= 11 is 0. The molecule has 0 spiro atoms. The van der Waals surface area contributed by atoms with Crippen LogP contribution in [-0.4, -0.2) is 28.0 Å². The number of amides is 1. The van der Waals surface area contributed by atoms with E-state index in [-0.39, 0.29) is 16.8 Å². The van der Waals surface area contributed by atoms with E-state index in [1.54, 1.807) is 16.7 Å². The van der Waals surface area contributed by atoms with Crippen LogP contribution < -0.4 is 11.2 Å². The molecule has 1 aromatic heterocycles. The molecule has 1 saturated carbocycles. The molecule has 1 amide bonds. The number of likely N-dealkylation sites (tertiary alicyclic amines) is 1. The molecule has 6 heteroatoms. The van der Waals surface area contributed by atoms with Crippen LogP contribution in [0.1, 0.15) is 54.4 Å². The van der Waals surface area contributed by atoms with Crippen LogP contribution in [0.25, 0.3) is 16.6 Å². The van der Waals surface area contributed by atoms with Crippen molar-refractivity contribution in [3.05, 3.63) is 75.8 Å². The lowest BCUT2D eigenvalue weighted by atomic mass is 9.78. The molecule has 0 bridgehead atoms. The third-order valence-electron chi connectivity index (χ3n) is 7.18. The van der Waals surface area contributed by atoms with E-state index in [2.05, 4.69) is 11.0 Å². The zero-order valence-corrected chi connectivity index (χ0v) is 18.1. The van der Waals surface area contributed by atoms with Gasteiger partial charge in [0, 0.05) is 29.9 Å². The summed E-state index contributed by atoms with van der Waals surface area (Å²) < 4.78 is 15.2. The predicted octanol–water partition coefficient (Wildman–Crippen LogP) is 4.38. The molecule has 2 aliphatic rings. The largest absolute Gasteiger partial charge is 0.365 e. The van der Waals surface area contributed by atoms with Crippen molar-refractivity contribution in [2.75, 3.05) is 6.54 Å². The molecular weight excluding hydrogens is 405 g/mol. The van der Waals surface area contributed by atoms with Crippen molar-refractivity contribution in [1.82, 2.24) is 9.47 Å². The summed E-state index contributed by atoms with van der Waals surface area (Å²) in [5, 5.41) is 0.459. The number of nitrogens with zero attached hydrogens (tertiary/aromatic N) is 2. The number of carbonyl (C=O) groups excluding carboxylic acids is 1. The van der Waals surface area contributed by atoms with E-state index in [0.29, 0.717) is 22.6 Å². The second-order valence-corrected chi connectivity index (χ2v) is 9.16.